The molecule has 0 aliphatic carbocycles. The van der Waals surface area contributed by atoms with Crippen LogP contribution in [0.3, 0.4) is 0 Å². The molecule has 1 amide bonds. The van der Waals surface area contributed by atoms with Crippen molar-refractivity contribution in [1.29, 1.82) is 0 Å². The van der Waals surface area contributed by atoms with Crippen LogP contribution < -0.4 is 5.32 Å². The Bertz CT molecular complexity index is 1030. The molecule has 0 aliphatic heterocycles. The van der Waals surface area contributed by atoms with Gasteiger partial charge in [0.25, 0.3) is 5.91 Å². The van der Waals surface area contributed by atoms with E-state index in [1.807, 2.05) is 66.7 Å². The molecule has 4 heteroatoms. The predicted molar refractivity (Wildman–Crippen MR) is 98.7 cm³/mol. The van der Waals surface area contributed by atoms with E-state index in [0.717, 1.165) is 26.5 Å². The molecular formula is C19H12ClNOS. The van der Waals surface area contributed by atoms with Gasteiger partial charge in [-0.15, -0.1) is 11.3 Å². The van der Waals surface area contributed by atoms with Crippen molar-refractivity contribution >= 4 is 55.4 Å². The Hall–Kier alpha value is -2.36. The van der Waals surface area contributed by atoms with Crippen LogP contribution in [0.25, 0.3) is 20.9 Å². The van der Waals surface area contributed by atoms with Gasteiger partial charge in [-0.1, -0.05) is 66.2 Å². The minimum atomic E-state index is -0.174. The predicted octanol–water partition coefficient (Wildman–Crippen LogP) is 5.96. The largest absolute Gasteiger partial charge is 0.321 e. The molecule has 0 aliphatic rings. The molecule has 1 N–H and O–H groups in total. The van der Waals surface area contributed by atoms with Crippen molar-refractivity contribution in [2.75, 3.05) is 5.32 Å². The Morgan fingerprint density at radius 2 is 1.57 bits per heavy atom. The summed E-state index contributed by atoms with van der Waals surface area (Å²) in [7, 11) is 0. The second kappa shape index (κ2) is 5.69. The van der Waals surface area contributed by atoms with Crippen LogP contribution in [-0.4, -0.2) is 5.91 Å². The van der Waals surface area contributed by atoms with Crippen molar-refractivity contribution in [3.05, 3.63) is 76.6 Å². The Balaban J connectivity index is 1.75. The van der Waals surface area contributed by atoms with Gasteiger partial charge in [0.05, 0.1) is 5.02 Å². The molecule has 0 fully saturated rings. The molecule has 0 unspecified atom stereocenters. The van der Waals surface area contributed by atoms with Gasteiger partial charge in [0.1, 0.15) is 4.88 Å². The summed E-state index contributed by atoms with van der Waals surface area (Å²) in [5.41, 5.74) is 0.793. The monoisotopic (exact) mass is 337 g/mol. The van der Waals surface area contributed by atoms with Crippen LogP contribution in [0, 0.1) is 0 Å². The van der Waals surface area contributed by atoms with Gasteiger partial charge in [-0.05, 0) is 17.5 Å². The van der Waals surface area contributed by atoms with Crippen LogP contribution in [0.5, 0.6) is 0 Å². The highest BCUT2D eigenvalue weighted by Crippen LogP contribution is 2.36. The van der Waals surface area contributed by atoms with Crippen LogP contribution in [0.2, 0.25) is 5.02 Å². The van der Waals surface area contributed by atoms with Gasteiger partial charge in [0.15, 0.2) is 0 Å². The van der Waals surface area contributed by atoms with E-state index < -0.39 is 0 Å². The summed E-state index contributed by atoms with van der Waals surface area (Å²) in [6, 6.07) is 21.6. The highest BCUT2D eigenvalue weighted by atomic mass is 35.5. The topological polar surface area (TPSA) is 29.1 Å². The summed E-state index contributed by atoms with van der Waals surface area (Å²) in [6.07, 6.45) is 0. The summed E-state index contributed by atoms with van der Waals surface area (Å²) < 4.78 is 1.01. The molecule has 112 valence electrons. The van der Waals surface area contributed by atoms with Gasteiger partial charge in [0, 0.05) is 21.2 Å². The number of carbonyl (C=O) groups excluding carboxylic acids is 1. The number of carbonyl (C=O) groups is 1. The zero-order valence-electron chi connectivity index (χ0n) is 12.0. The van der Waals surface area contributed by atoms with Crippen molar-refractivity contribution in [1.82, 2.24) is 0 Å². The maximum absolute atomic E-state index is 12.7. The summed E-state index contributed by atoms with van der Waals surface area (Å²) in [5, 5.41) is 6.53. The van der Waals surface area contributed by atoms with E-state index in [4.69, 9.17) is 11.6 Å². The van der Waals surface area contributed by atoms with Gasteiger partial charge in [0.2, 0.25) is 0 Å². The molecule has 0 bridgehead atoms. The SMILES string of the molecule is O=C(Nc1cccc2ccccc12)c1sc2ccccc2c1Cl. The molecule has 0 saturated carbocycles. The fourth-order valence-electron chi connectivity index (χ4n) is 2.67. The van der Waals surface area contributed by atoms with E-state index in [1.165, 1.54) is 11.3 Å². The number of hydrogen-bond acceptors (Lipinski definition) is 2. The minimum absolute atomic E-state index is 0.174. The number of halogens is 1. The lowest BCUT2D eigenvalue weighted by molar-refractivity contribution is 0.103. The molecule has 23 heavy (non-hydrogen) atoms. The Morgan fingerprint density at radius 1 is 0.870 bits per heavy atom. The maximum Gasteiger partial charge on any atom is 0.267 e. The third kappa shape index (κ3) is 2.48. The lowest BCUT2D eigenvalue weighted by Gasteiger charge is -2.08. The van der Waals surface area contributed by atoms with Crippen LogP contribution in [0.4, 0.5) is 5.69 Å². The number of thiophene rings is 1. The summed E-state index contributed by atoms with van der Waals surface area (Å²) in [4.78, 5) is 13.2. The molecule has 0 spiro atoms. The van der Waals surface area contributed by atoms with Gasteiger partial charge in [-0.2, -0.15) is 0 Å². The number of benzene rings is 3. The first kappa shape index (κ1) is 14.2. The minimum Gasteiger partial charge on any atom is -0.321 e. The van der Waals surface area contributed by atoms with Crippen LogP contribution in [0.15, 0.2) is 66.7 Å². The molecule has 4 aromatic rings. The zero-order chi connectivity index (χ0) is 15.8. The molecule has 1 aromatic heterocycles. The third-order valence-electron chi connectivity index (χ3n) is 3.78. The van der Waals surface area contributed by atoms with Gasteiger partial charge in [-0.25, -0.2) is 0 Å². The molecule has 4 rings (SSSR count). The van der Waals surface area contributed by atoms with E-state index in [1.54, 1.807) is 0 Å². The number of fused-ring (bicyclic) bond motifs is 2. The smallest absolute Gasteiger partial charge is 0.267 e. The highest BCUT2D eigenvalue weighted by molar-refractivity contribution is 7.21. The third-order valence-corrected chi connectivity index (χ3v) is 5.45. The van der Waals surface area contributed by atoms with Crippen molar-refractivity contribution in [2.24, 2.45) is 0 Å². The number of rotatable bonds is 2. The lowest BCUT2D eigenvalue weighted by atomic mass is 10.1. The number of amides is 1. The van der Waals surface area contributed by atoms with Crippen molar-refractivity contribution in [3.8, 4) is 0 Å². The van der Waals surface area contributed by atoms with Gasteiger partial charge < -0.3 is 5.32 Å². The van der Waals surface area contributed by atoms with E-state index in [2.05, 4.69) is 5.32 Å². The summed E-state index contributed by atoms with van der Waals surface area (Å²) >= 11 is 7.80. The molecule has 2 nitrogen and oxygen atoms in total. The Kier molecular flexibility index (Phi) is 3.52. The average Bonchev–Trinajstić information content (AvgIpc) is 2.93. The van der Waals surface area contributed by atoms with Crippen LogP contribution in [0.1, 0.15) is 9.67 Å². The van der Waals surface area contributed by atoms with E-state index in [-0.39, 0.29) is 5.91 Å². The maximum atomic E-state index is 12.7. The second-order valence-electron chi connectivity index (χ2n) is 5.22. The summed E-state index contributed by atoms with van der Waals surface area (Å²) in [5.74, 6) is -0.174. The van der Waals surface area contributed by atoms with Crippen molar-refractivity contribution < 1.29 is 4.79 Å². The van der Waals surface area contributed by atoms with Gasteiger partial charge in [-0.3, -0.25) is 4.79 Å². The van der Waals surface area contributed by atoms with Gasteiger partial charge >= 0.3 is 0 Å². The molecule has 0 atom stereocenters. The molecule has 0 radical (unpaired) electrons. The van der Waals surface area contributed by atoms with Crippen molar-refractivity contribution in [3.63, 3.8) is 0 Å². The molecule has 1 heterocycles. The first-order chi connectivity index (χ1) is 11.2. The lowest BCUT2D eigenvalue weighted by Crippen LogP contribution is -2.10. The highest BCUT2D eigenvalue weighted by Gasteiger charge is 2.17. The zero-order valence-corrected chi connectivity index (χ0v) is 13.6. The number of nitrogens with one attached hydrogen (secondary N) is 1. The number of hydrogen-bond donors (Lipinski definition) is 1. The Morgan fingerprint density at radius 3 is 2.39 bits per heavy atom. The molecule has 0 saturated heterocycles. The fourth-order valence-corrected chi connectivity index (χ4v) is 4.09. The Labute approximate surface area is 142 Å². The fraction of sp³-hybridized carbons (Fsp3) is 0. The normalized spacial score (nSPS) is 11.0. The summed E-state index contributed by atoms with van der Waals surface area (Å²) in [6.45, 7) is 0. The van der Waals surface area contributed by atoms with Crippen LogP contribution in [-0.2, 0) is 0 Å². The van der Waals surface area contributed by atoms with Crippen LogP contribution >= 0.6 is 22.9 Å². The second-order valence-corrected chi connectivity index (χ2v) is 6.65. The first-order valence-electron chi connectivity index (χ1n) is 7.20. The average molecular weight is 338 g/mol. The van der Waals surface area contributed by atoms with E-state index in [0.29, 0.717) is 9.90 Å². The molecule has 3 aromatic carbocycles. The standard InChI is InChI=1S/C19H12ClNOS/c20-17-14-9-3-4-11-16(14)23-18(17)19(22)21-15-10-5-7-12-6-1-2-8-13(12)15/h1-11H,(H,21,22). The first-order valence-corrected chi connectivity index (χ1v) is 8.39. The van der Waals surface area contributed by atoms with E-state index >= 15 is 0 Å². The molecular weight excluding hydrogens is 326 g/mol. The van der Waals surface area contributed by atoms with Crippen molar-refractivity contribution in [2.45, 2.75) is 0 Å². The van der Waals surface area contributed by atoms with E-state index in [9.17, 15) is 4.79 Å². The quantitative estimate of drug-likeness (QED) is 0.480. The number of anilines is 1.